The molecule has 0 fully saturated rings. The molecule has 0 saturated heterocycles. The van der Waals surface area contributed by atoms with Crippen molar-refractivity contribution in [1.29, 1.82) is 0 Å². The molecule has 1 heterocycles. The Hall–Kier alpha value is -2.40. The highest BCUT2D eigenvalue weighted by Gasteiger charge is 2.19. The number of anilines is 2. The van der Waals surface area contributed by atoms with Gasteiger partial charge in [-0.2, -0.15) is 0 Å². The predicted molar refractivity (Wildman–Crippen MR) is 122 cm³/mol. The van der Waals surface area contributed by atoms with Gasteiger partial charge in [0.25, 0.3) is 5.91 Å². The summed E-state index contributed by atoms with van der Waals surface area (Å²) in [6.07, 6.45) is 0.165. The Labute approximate surface area is 175 Å². The molecule has 152 valence electrons. The van der Waals surface area contributed by atoms with E-state index in [1.54, 1.807) is 42.3 Å². The normalized spacial score (nSPS) is 13.2. The lowest BCUT2D eigenvalue weighted by molar-refractivity contribution is 0.102. The number of hydrogen-bond acceptors (Lipinski definition) is 5. The molecule has 1 amide bonds. The van der Waals surface area contributed by atoms with Crippen molar-refractivity contribution in [2.45, 2.75) is 26.1 Å². The monoisotopic (exact) mass is 428 g/mol. The molecule has 29 heavy (non-hydrogen) atoms. The number of benzene rings is 2. The van der Waals surface area contributed by atoms with Crippen LogP contribution in [0.25, 0.3) is 10.4 Å². The smallest absolute Gasteiger partial charge is 0.255 e. The van der Waals surface area contributed by atoms with Gasteiger partial charge in [0, 0.05) is 23.3 Å². The first-order valence-corrected chi connectivity index (χ1v) is 12.5. The first kappa shape index (κ1) is 21.3. The van der Waals surface area contributed by atoms with Crippen molar-refractivity contribution in [3.8, 4) is 10.4 Å². The van der Waals surface area contributed by atoms with Gasteiger partial charge in [-0.05, 0) is 60.7 Å². The zero-order valence-electron chi connectivity index (χ0n) is 16.7. The van der Waals surface area contributed by atoms with Gasteiger partial charge in [0.1, 0.15) is 0 Å². The van der Waals surface area contributed by atoms with E-state index in [2.05, 4.69) is 5.32 Å². The van der Waals surface area contributed by atoms with Crippen molar-refractivity contribution in [3.63, 3.8) is 0 Å². The molecule has 0 spiro atoms. The van der Waals surface area contributed by atoms with Gasteiger partial charge in [0.15, 0.2) is 0 Å². The number of hydrogen-bond donors (Lipinski definition) is 2. The van der Waals surface area contributed by atoms with Crippen LogP contribution in [0.15, 0.2) is 60.0 Å². The molecule has 0 saturated carbocycles. The summed E-state index contributed by atoms with van der Waals surface area (Å²) in [7, 11) is -2.78. The van der Waals surface area contributed by atoms with E-state index in [1.165, 1.54) is 0 Å². The highest BCUT2D eigenvalue weighted by atomic mass is 32.1. The van der Waals surface area contributed by atoms with Crippen molar-refractivity contribution >= 4 is 36.0 Å². The van der Waals surface area contributed by atoms with E-state index in [1.807, 2.05) is 49.6 Å². The highest BCUT2D eigenvalue weighted by molar-refractivity contribution is 7.57. The molecule has 3 N–H and O–H groups in total. The standard InChI is InChI=1S/C22H25N2O3PS/c1-15(2)27-28(3,26)14-16-6-4-7-18(12-16)22(25)24-20-13-17(9-10-19(20)23)21-8-5-11-29-21/h4-13,15H,14,23H2,1-3H3,(H,24,25). The maximum Gasteiger partial charge on any atom is 0.255 e. The number of nitrogens with one attached hydrogen (secondary N) is 1. The van der Waals surface area contributed by atoms with Crippen LogP contribution in [0.3, 0.4) is 0 Å². The molecule has 3 rings (SSSR count). The minimum absolute atomic E-state index is 0.115. The van der Waals surface area contributed by atoms with Crippen LogP contribution in [0.5, 0.6) is 0 Å². The Morgan fingerprint density at radius 1 is 1.17 bits per heavy atom. The Morgan fingerprint density at radius 2 is 1.97 bits per heavy atom. The van der Waals surface area contributed by atoms with Gasteiger partial charge in [-0.1, -0.05) is 24.3 Å². The Morgan fingerprint density at radius 3 is 2.66 bits per heavy atom. The molecule has 0 radical (unpaired) electrons. The molecule has 3 aromatic rings. The van der Waals surface area contributed by atoms with Gasteiger partial charge in [0.05, 0.1) is 17.5 Å². The van der Waals surface area contributed by atoms with E-state index in [0.29, 0.717) is 16.9 Å². The van der Waals surface area contributed by atoms with Crippen molar-refractivity contribution < 1.29 is 13.9 Å². The van der Waals surface area contributed by atoms with Gasteiger partial charge >= 0.3 is 0 Å². The van der Waals surface area contributed by atoms with Crippen molar-refractivity contribution in [2.24, 2.45) is 0 Å². The second-order valence-electron chi connectivity index (χ2n) is 7.26. The van der Waals surface area contributed by atoms with Crippen molar-refractivity contribution in [3.05, 3.63) is 71.1 Å². The van der Waals surface area contributed by atoms with Crippen LogP contribution in [0, 0.1) is 0 Å². The zero-order chi connectivity index (χ0) is 21.0. The van der Waals surface area contributed by atoms with Crippen molar-refractivity contribution in [2.75, 3.05) is 17.7 Å². The van der Waals surface area contributed by atoms with Gasteiger partial charge in [-0.15, -0.1) is 11.3 Å². The van der Waals surface area contributed by atoms with Crippen LogP contribution in [-0.4, -0.2) is 18.7 Å². The molecule has 0 aliphatic carbocycles. The minimum Gasteiger partial charge on any atom is -0.397 e. The number of nitrogens with two attached hydrogens (primary N) is 1. The Kier molecular flexibility index (Phi) is 6.58. The Balaban J connectivity index is 1.78. The van der Waals surface area contributed by atoms with Gasteiger partial charge in [-0.25, -0.2) is 0 Å². The first-order chi connectivity index (χ1) is 13.7. The SMILES string of the molecule is CC(C)OP(C)(=O)Cc1cccc(C(=O)Nc2cc(-c3cccs3)ccc2N)c1. The van der Waals surface area contributed by atoms with E-state index >= 15 is 0 Å². The number of carbonyl (C=O) groups is 1. The third-order valence-corrected chi connectivity index (χ3v) is 6.93. The fourth-order valence-electron chi connectivity index (χ4n) is 3.08. The van der Waals surface area contributed by atoms with Crippen LogP contribution in [0.1, 0.15) is 29.8 Å². The van der Waals surface area contributed by atoms with Crippen LogP contribution >= 0.6 is 18.7 Å². The van der Waals surface area contributed by atoms with E-state index in [0.717, 1.165) is 16.0 Å². The number of carbonyl (C=O) groups excluding carboxylic acids is 1. The maximum atomic E-state index is 12.8. The molecule has 2 aromatic carbocycles. The molecular formula is C22H25N2O3PS. The topological polar surface area (TPSA) is 81.4 Å². The molecule has 0 aliphatic rings. The lowest BCUT2D eigenvalue weighted by Gasteiger charge is -2.17. The molecular weight excluding hydrogens is 403 g/mol. The highest BCUT2D eigenvalue weighted by Crippen LogP contribution is 2.47. The number of thiophene rings is 1. The summed E-state index contributed by atoms with van der Waals surface area (Å²) >= 11 is 1.63. The molecule has 1 aromatic heterocycles. The van der Waals surface area contributed by atoms with Gasteiger partial charge in [-0.3, -0.25) is 9.36 Å². The summed E-state index contributed by atoms with van der Waals surface area (Å²) in [5.41, 5.74) is 9.40. The molecule has 1 atom stereocenters. The second-order valence-corrected chi connectivity index (χ2v) is 10.8. The molecule has 0 aliphatic heterocycles. The third-order valence-electron chi connectivity index (χ3n) is 4.20. The zero-order valence-corrected chi connectivity index (χ0v) is 18.4. The van der Waals surface area contributed by atoms with Crippen LogP contribution in [0.2, 0.25) is 0 Å². The average molecular weight is 428 g/mol. The minimum atomic E-state index is -2.78. The molecule has 7 heteroatoms. The fraction of sp³-hybridized carbons (Fsp3) is 0.227. The number of rotatable bonds is 7. The van der Waals surface area contributed by atoms with Gasteiger partial charge in [0.2, 0.25) is 7.37 Å². The fourth-order valence-corrected chi connectivity index (χ4v) is 5.63. The number of amides is 1. The lowest BCUT2D eigenvalue weighted by atomic mass is 10.1. The summed E-state index contributed by atoms with van der Waals surface area (Å²) in [5.74, 6) is -0.266. The van der Waals surface area contributed by atoms with Gasteiger partial charge < -0.3 is 15.6 Å². The quantitative estimate of drug-likeness (QED) is 0.353. The second kappa shape index (κ2) is 8.95. The van der Waals surface area contributed by atoms with E-state index in [9.17, 15) is 9.36 Å². The van der Waals surface area contributed by atoms with E-state index in [4.69, 9.17) is 10.3 Å². The van der Waals surface area contributed by atoms with Crippen LogP contribution in [-0.2, 0) is 15.3 Å². The summed E-state index contributed by atoms with van der Waals surface area (Å²) < 4.78 is 18.2. The largest absolute Gasteiger partial charge is 0.397 e. The Bertz CT molecular complexity index is 1050. The maximum absolute atomic E-state index is 12.8. The van der Waals surface area contributed by atoms with Crippen LogP contribution in [0.4, 0.5) is 11.4 Å². The van der Waals surface area contributed by atoms with Crippen LogP contribution < -0.4 is 11.1 Å². The average Bonchev–Trinajstić information content (AvgIpc) is 3.17. The molecule has 5 nitrogen and oxygen atoms in total. The van der Waals surface area contributed by atoms with Crippen molar-refractivity contribution in [1.82, 2.24) is 0 Å². The summed E-state index contributed by atoms with van der Waals surface area (Å²) in [4.78, 5) is 13.9. The molecule has 0 bridgehead atoms. The summed E-state index contributed by atoms with van der Waals surface area (Å²) in [5, 5.41) is 4.90. The third kappa shape index (κ3) is 5.80. The molecule has 1 unspecified atom stereocenters. The van der Waals surface area contributed by atoms with E-state index < -0.39 is 7.37 Å². The summed E-state index contributed by atoms with van der Waals surface area (Å²) in [6, 6.07) is 16.7. The number of nitrogen functional groups attached to an aromatic ring is 1. The van der Waals surface area contributed by atoms with E-state index in [-0.39, 0.29) is 18.2 Å². The lowest BCUT2D eigenvalue weighted by Crippen LogP contribution is -2.13. The predicted octanol–water partition coefficient (Wildman–Crippen LogP) is 6.08. The summed E-state index contributed by atoms with van der Waals surface area (Å²) in [6.45, 7) is 5.33. The first-order valence-electron chi connectivity index (χ1n) is 9.32.